The number of hydrogen-bond donors (Lipinski definition) is 2. The molecule has 0 radical (unpaired) electrons. The maximum Gasteiger partial charge on any atom is 0.259 e. The van der Waals surface area contributed by atoms with Gasteiger partial charge in [-0.2, -0.15) is 0 Å². The second kappa shape index (κ2) is 5.11. The minimum absolute atomic E-state index is 0.0910. The van der Waals surface area contributed by atoms with Gasteiger partial charge in [-0.25, -0.2) is 17.8 Å². The average Bonchev–Trinajstić information content (AvgIpc) is 2.75. The van der Waals surface area contributed by atoms with Gasteiger partial charge in [-0.3, -0.25) is 0 Å². The lowest BCUT2D eigenvalue weighted by molar-refractivity contribution is 0.397. The van der Waals surface area contributed by atoms with E-state index in [1.165, 1.54) is 10.9 Å². The molecule has 0 saturated carbocycles. The molecule has 1 aliphatic heterocycles. The van der Waals surface area contributed by atoms with E-state index in [1.807, 2.05) is 0 Å². The predicted octanol–water partition coefficient (Wildman–Crippen LogP) is -0.764. The van der Waals surface area contributed by atoms with Crippen LogP contribution in [0.5, 0.6) is 0 Å². The molecule has 1 atom stereocenters. The summed E-state index contributed by atoms with van der Waals surface area (Å²) in [5, 5.41) is 10.5. The molecule has 0 amide bonds. The first-order chi connectivity index (χ1) is 8.09. The van der Waals surface area contributed by atoms with Crippen molar-refractivity contribution in [1.82, 2.24) is 25.0 Å². The molecule has 8 heteroatoms. The zero-order chi connectivity index (χ0) is 12.3. The van der Waals surface area contributed by atoms with Crippen LogP contribution in [0.3, 0.4) is 0 Å². The second-order valence-electron chi connectivity index (χ2n) is 4.19. The van der Waals surface area contributed by atoms with Crippen LogP contribution in [0.25, 0.3) is 0 Å². The zero-order valence-corrected chi connectivity index (χ0v) is 10.6. The second-order valence-corrected chi connectivity index (χ2v) is 5.91. The molecule has 2 rings (SSSR count). The standard InChI is InChI=1S/C9H17N5O2S/c1-14-9(7-11-13-14)17(15,16)12-6-8-4-2-3-5-10-8/h7-8,10,12H,2-6H2,1H3/t8-/m0/s1. The molecule has 0 aromatic carbocycles. The van der Waals surface area contributed by atoms with Gasteiger partial charge in [0.2, 0.25) is 0 Å². The summed E-state index contributed by atoms with van der Waals surface area (Å²) < 4.78 is 27.7. The number of aromatic nitrogens is 3. The number of nitrogens with one attached hydrogen (secondary N) is 2. The van der Waals surface area contributed by atoms with Gasteiger partial charge in [-0.1, -0.05) is 11.6 Å². The van der Waals surface area contributed by atoms with Crippen LogP contribution >= 0.6 is 0 Å². The molecule has 1 aromatic heterocycles. The summed E-state index contributed by atoms with van der Waals surface area (Å²) in [4.78, 5) is 0. The molecule has 0 aliphatic carbocycles. The number of hydrogen-bond acceptors (Lipinski definition) is 5. The third-order valence-corrected chi connectivity index (χ3v) is 4.35. The highest BCUT2D eigenvalue weighted by atomic mass is 32.2. The summed E-state index contributed by atoms with van der Waals surface area (Å²) >= 11 is 0. The van der Waals surface area contributed by atoms with Gasteiger partial charge in [-0.05, 0) is 19.4 Å². The SMILES string of the molecule is Cn1nncc1S(=O)(=O)NC[C@@H]1CCCCN1. The summed E-state index contributed by atoms with van der Waals surface area (Å²) in [6.07, 6.45) is 4.56. The third-order valence-electron chi connectivity index (χ3n) is 2.88. The molecule has 96 valence electrons. The first-order valence-electron chi connectivity index (χ1n) is 5.67. The van der Waals surface area contributed by atoms with Crippen molar-refractivity contribution in [2.24, 2.45) is 7.05 Å². The van der Waals surface area contributed by atoms with Gasteiger partial charge in [0.25, 0.3) is 10.0 Å². The fourth-order valence-corrected chi connectivity index (χ4v) is 3.04. The van der Waals surface area contributed by atoms with Gasteiger partial charge in [0.05, 0.1) is 6.20 Å². The van der Waals surface area contributed by atoms with Crippen molar-refractivity contribution in [1.29, 1.82) is 0 Å². The van der Waals surface area contributed by atoms with E-state index in [0.717, 1.165) is 25.8 Å². The summed E-state index contributed by atoms with van der Waals surface area (Å²) in [7, 11) is -1.94. The quantitative estimate of drug-likeness (QED) is 0.741. The fourth-order valence-electron chi connectivity index (χ4n) is 1.91. The Bertz CT molecular complexity index is 463. The molecule has 7 nitrogen and oxygen atoms in total. The molecule has 1 aliphatic rings. The van der Waals surface area contributed by atoms with E-state index in [9.17, 15) is 8.42 Å². The Balaban J connectivity index is 1.96. The molecular formula is C9H17N5O2S. The van der Waals surface area contributed by atoms with E-state index in [-0.39, 0.29) is 11.1 Å². The first-order valence-corrected chi connectivity index (χ1v) is 7.15. The molecular weight excluding hydrogens is 242 g/mol. The van der Waals surface area contributed by atoms with Gasteiger partial charge in [-0.15, -0.1) is 5.10 Å². The maximum absolute atomic E-state index is 11.9. The van der Waals surface area contributed by atoms with E-state index in [0.29, 0.717) is 6.54 Å². The van der Waals surface area contributed by atoms with Crippen LogP contribution in [0.1, 0.15) is 19.3 Å². The fraction of sp³-hybridized carbons (Fsp3) is 0.778. The van der Waals surface area contributed by atoms with E-state index in [1.54, 1.807) is 7.05 Å². The van der Waals surface area contributed by atoms with E-state index < -0.39 is 10.0 Å². The summed E-state index contributed by atoms with van der Waals surface area (Å²) in [5.41, 5.74) is 0. The predicted molar refractivity (Wildman–Crippen MR) is 61.8 cm³/mol. The van der Waals surface area contributed by atoms with Crippen LogP contribution in [0.15, 0.2) is 11.2 Å². The summed E-state index contributed by atoms with van der Waals surface area (Å²) in [6.45, 7) is 1.37. The number of nitrogens with zero attached hydrogens (tertiary/aromatic N) is 3. The van der Waals surface area contributed by atoms with Crippen molar-refractivity contribution < 1.29 is 8.42 Å². The highest BCUT2D eigenvalue weighted by molar-refractivity contribution is 7.89. The molecule has 2 heterocycles. The lowest BCUT2D eigenvalue weighted by Crippen LogP contribution is -2.43. The minimum atomic E-state index is -3.50. The molecule has 1 fully saturated rings. The van der Waals surface area contributed by atoms with Crippen LogP contribution in [0.2, 0.25) is 0 Å². The summed E-state index contributed by atoms with van der Waals surface area (Å²) in [6, 6.07) is 0.222. The average molecular weight is 259 g/mol. The van der Waals surface area contributed by atoms with Crippen molar-refractivity contribution in [2.45, 2.75) is 30.3 Å². The summed E-state index contributed by atoms with van der Waals surface area (Å²) in [5.74, 6) is 0. The Kier molecular flexibility index (Phi) is 3.75. The largest absolute Gasteiger partial charge is 0.313 e. The third kappa shape index (κ3) is 3.02. The Labute approximate surface area is 101 Å². The maximum atomic E-state index is 11.9. The van der Waals surface area contributed by atoms with Crippen LogP contribution in [0.4, 0.5) is 0 Å². The Morgan fingerprint density at radius 2 is 2.41 bits per heavy atom. The Hall–Kier alpha value is -0.990. The molecule has 1 aromatic rings. The van der Waals surface area contributed by atoms with E-state index >= 15 is 0 Å². The molecule has 0 unspecified atom stereocenters. The smallest absolute Gasteiger partial charge is 0.259 e. The van der Waals surface area contributed by atoms with Crippen molar-refractivity contribution in [3.05, 3.63) is 6.20 Å². The normalized spacial score (nSPS) is 21.6. The molecule has 17 heavy (non-hydrogen) atoms. The van der Waals surface area contributed by atoms with E-state index in [4.69, 9.17) is 0 Å². The monoisotopic (exact) mass is 259 g/mol. The lowest BCUT2D eigenvalue weighted by Gasteiger charge is -2.23. The molecule has 2 N–H and O–H groups in total. The Morgan fingerprint density at radius 1 is 1.59 bits per heavy atom. The van der Waals surface area contributed by atoms with Gasteiger partial charge in [0, 0.05) is 19.6 Å². The van der Waals surface area contributed by atoms with Crippen LogP contribution in [-0.4, -0.2) is 42.5 Å². The number of aryl methyl sites for hydroxylation is 1. The van der Waals surface area contributed by atoms with Crippen LogP contribution in [0, 0.1) is 0 Å². The van der Waals surface area contributed by atoms with E-state index in [2.05, 4.69) is 20.4 Å². The lowest BCUT2D eigenvalue weighted by atomic mass is 10.1. The highest BCUT2D eigenvalue weighted by Crippen LogP contribution is 2.08. The van der Waals surface area contributed by atoms with Gasteiger partial charge in [0.15, 0.2) is 5.03 Å². The molecule has 0 bridgehead atoms. The van der Waals surface area contributed by atoms with Gasteiger partial charge in [0.1, 0.15) is 0 Å². The van der Waals surface area contributed by atoms with Crippen molar-refractivity contribution in [2.75, 3.05) is 13.1 Å². The van der Waals surface area contributed by atoms with Crippen molar-refractivity contribution in [3.8, 4) is 0 Å². The topological polar surface area (TPSA) is 88.9 Å². The van der Waals surface area contributed by atoms with Crippen LogP contribution in [-0.2, 0) is 17.1 Å². The van der Waals surface area contributed by atoms with Gasteiger partial charge < -0.3 is 5.32 Å². The first kappa shape index (κ1) is 12.5. The number of rotatable bonds is 4. The van der Waals surface area contributed by atoms with Crippen LogP contribution < -0.4 is 10.0 Å². The van der Waals surface area contributed by atoms with Crippen molar-refractivity contribution in [3.63, 3.8) is 0 Å². The number of piperidine rings is 1. The molecule has 1 saturated heterocycles. The number of sulfonamides is 1. The minimum Gasteiger partial charge on any atom is -0.313 e. The van der Waals surface area contributed by atoms with Gasteiger partial charge >= 0.3 is 0 Å². The Morgan fingerprint density at radius 3 is 3.00 bits per heavy atom. The highest BCUT2D eigenvalue weighted by Gasteiger charge is 2.21. The molecule has 0 spiro atoms. The zero-order valence-electron chi connectivity index (χ0n) is 9.76. The van der Waals surface area contributed by atoms with Crippen molar-refractivity contribution >= 4 is 10.0 Å².